The molecule has 9 heteroatoms. The highest BCUT2D eigenvalue weighted by Gasteiger charge is 2.54. The molecule has 2 N–H and O–H groups in total. The van der Waals surface area contributed by atoms with Crippen molar-refractivity contribution >= 4 is 46.0 Å². The minimum atomic E-state index is -0.913. The Morgan fingerprint density at radius 2 is 2.33 bits per heavy atom. The molecule has 140 valence electrons. The van der Waals surface area contributed by atoms with E-state index in [2.05, 4.69) is 27.1 Å². The molecule has 2 aromatic rings. The highest BCUT2D eigenvalue weighted by molar-refractivity contribution is 7.98. The maximum absolute atomic E-state index is 14.6. The largest absolute Gasteiger partial charge is 0.465 e. The van der Waals surface area contributed by atoms with Gasteiger partial charge < -0.3 is 15.3 Å². The zero-order chi connectivity index (χ0) is 19.3. The third-order valence-corrected chi connectivity index (χ3v) is 6.14. The molecule has 2 saturated heterocycles. The Kier molecular flexibility index (Phi) is 4.52. The quantitative estimate of drug-likeness (QED) is 0.460. The van der Waals surface area contributed by atoms with Crippen LogP contribution in [0.1, 0.15) is 18.9 Å². The molecule has 1 saturated carbocycles. The number of anilines is 1. The summed E-state index contributed by atoms with van der Waals surface area (Å²) < 4.78 is 14.6. The van der Waals surface area contributed by atoms with Gasteiger partial charge in [-0.05, 0) is 19.6 Å². The number of fused-ring (bicyclic) bond motifs is 2. The van der Waals surface area contributed by atoms with Gasteiger partial charge in [-0.2, -0.15) is 0 Å². The molecule has 3 aliphatic rings. The Morgan fingerprint density at radius 1 is 1.56 bits per heavy atom. The lowest BCUT2D eigenvalue weighted by molar-refractivity contribution is 0.140. The van der Waals surface area contributed by atoms with Crippen molar-refractivity contribution in [1.82, 2.24) is 14.9 Å². The van der Waals surface area contributed by atoms with Crippen LogP contribution in [0.15, 0.2) is 11.2 Å². The van der Waals surface area contributed by atoms with Crippen LogP contribution in [-0.4, -0.2) is 51.0 Å². The lowest BCUT2D eigenvalue weighted by atomic mass is 9.79. The third kappa shape index (κ3) is 2.77. The number of nitrogens with zero attached hydrogens (tertiary/aromatic N) is 3. The van der Waals surface area contributed by atoms with Crippen LogP contribution in [0.4, 0.5) is 14.9 Å². The van der Waals surface area contributed by atoms with Gasteiger partial charge in [0.15, 0.2) is 11.0 Å². The molecule has 2 aliphatic heterocycles. The van der Waals surface area contributed by atoms with Gasteiger partial charge in [0, 0.05) is 24.0 Å². The van der Waals surface area contributed by atoms with Gasteiger partial charge in [-0.15, -0.1) is 17.7 Å². The summed E-state index contributed by atoms with van der Waals surface area (Å²) in [7, 11) is 0. The van der Waals surface area contributed by atoms with E-state index in [1.54, 1.807) is 6.92 Å². The zero-order valence-corrected chi connectivity index (χ0v) is 16.2. The van der Waals surface area contributed by atoms with Crippen LogP contribution >= 0.6 is 23.4 Å². The van der Waals surface area contributed by atoms with Crippen LogP contribution in [0.5, 0.6) is 0 Å². The second-order valence-corrected chi connectivity index (χ2v) is 7.69. The van der Waals surface area contributed by atoms with E-state index in [0.717, 1.165) is 6.42 Å². The minimum Gasteiger partial charge on any atom is -0.465 e. The summed E-state index contributed by atoms with van der Waals surface area (Å²) in [6.45, 7) is 2.22. The fourth-order valence-corrected chi connectivity index (χ4v) is 4.58. The number of amides is 1. The SMILES string of the molecule is CC#Cc1c(SC)nc2c(F)c(Cl)ncc2c1NC1C2CC1N(C(=O)O)C2. The average Bonchev–Trinajstić information content (AvgIpc) is 3.23. The summed E-state index contributed by atoms with van der Waals surface area (Å²) in [6, 6.07) is -0.140. The fourth-order valence-electron chi connectivity index (χ4n) is 3.90. The molecule has 4 heterocycles. The Labute approximate surface area is 164 Å². The molecular formula is C18H16ClFN4O2S. The van der Waals surface area contributed by atoms with Gasteiger partial charge in [-0.3, -0.25) is 0 Å². The Morgan fingerprint density at radius 3 is 2.96 bits per heavy atom. The van der Waals surface area contributed by atoms with Crippen molar-refractivity contribution in [2.24, 2.45) is 5.92 Å². The third-order valence-electron chi connectivity index (χ3n) is 5.20. The molecule has 27 heavy (non-hydrogen) atoms. The van der Waals surface area contributed by atoms with Crippen LogP contribution in [0.3, 0.4) is 0 Å². The molecular weight excluding hydrogens is 391 g/mol. The number of hydrogen-bond acceptors (Lipinski definition) is 5. The normalized spacial score (nSPS) is 23.0. The van der Waals surface area contributed by atoms with E-state index in [4.69, 9.17) is 11.6 Å². The first-order valence-electron chi connectivity index (χ1n) is 8.36. The second kappa shape index (κ2) is 6.73. The molecule has 0 aromatic carbocycles. The van der Waals surface area contributed by atoms with Crippen LogP contribution in [0.2, 0.25) is 5.15 Å². The van der Waals surface area contributed by atoms with Crippen molar-refractivity contribution in [3.63, 3.8) is 0 Å². The Balaban J connectivity index is 1.85. The van der Waals surface area contributed by atoms with Crippen molar-refractivity contribution in [2.45, 2.75) is 30.5 Å². The summed E-state index contributed by atoms with van der Waals surface area (Å²) in [5, 5.41) is 13.6. The molecule has 6 nitrogen and oxygen atoms in total. The summed E-state index contributed by atoms with van der Waals surface area (Å²) in [5.41, 5.74) is 1.42. The van der Waals surface area contributed by atoms with Gasteiger partial charge in [0.05, 0.1) is 23.3 Å². The molecule has 0 spiro atoms. The number of carbonyl (C=O) groups is 1. The number of carboxylic acid groups (broad SMARTS) is 1. The number of hydrogen-bond donors (Lipinski definition) is 2. The maximum Gasteiger partial charge on any atom is 0.407 e. The van der Waals surface area contributed by atoms with Crippen molar-refractivity contribution in [3.05, 3.63) is 22.7 Å². The topological polar surface area (TPSA) is 78.4 Å². The van der Waals surface area contributed by atoms with Crippen molar-refractivity contribution in [1.29, 1.82) is 0 Å². The van der Waals surface area contributed by atoms with E-state index < -0.39 is 11.9 Å². The Hall–Kier alpha value is -2.24. The van der Waals surface area contributed by atoms with Crippen LogP contribution < -0.4 is 5.32 Å². The van der Waals surface area contributed by atoms with Crippen LogP contribution in [-0.2, 0) is 0 Å². The predicted molar refractivity (Wildman–Crippen MR) is 103 cm³/mol. The molecule has 2 aromatic heterocycles. The van der Waals surface area contributed by atoms with Crippen molar-refractivity contribution in [2.75, 3.05) is 18.1 Å². The van der Waals surface area contributed by atoms with Gasteiger partial charge >= 0.3 is 6.09 Å². The molecule has 3 atom stereocenters. The van der Waals surface area contributed by atoms with Crippen LogP contribution in [0.25, 0.3) is 10.9 Å². The van der Waals surface area contributed by atoms with E-state index in [1.165, 1.54) is 22.9 Å². The fraction of sp³-hybridized carbons (Fsp3) is 0.389. The highest BCUT2D eigenvalue weighted by Crippen LogP contribution is 2.44. The van der Waals surface area contributed by atoms with E-state index in [-0.39, 0.29) is 28.7 Å². The van der Waals surface area contributed by atoms with Gasteiger partial charge in [0.1, 0.15) is 10.5 Å². The molecule has 0 radical (unpaired) electrons. The number of halogens is 2. The van der Waals surface area contributed by atoms with E-state index >= 15 is 0 Å². The molecule has 3 unspecified atom stereocenters. The van der Waals surface area contributed by atoms with E-state index in [0.29, 0.717) is 28.2 Å². The lowest BCUT2D eigenvalue weighted by Crippen LogP contribution is -2.49. The smallest absolute Gasteiger partial charge is 0.407 e. The van der Waals surface area contributed by atoms with Crippen molar-refractivity contribution in [3.8, 4) is 11.8 Å². The van der Waals surface area contributed by atoms with Gasteiger partial charge in [0.25, 0.3) is 0 Å². The van der Waals surface area contributed by atoms with Gasteiger partial charge in [0.2, 0.25) is 0 Å². The average molecular weight is 407 g/mol. The standard InChI is InChI=1S/C18H16ClFN4O2S/c1-3-4-9-14(22-13-8-5-11(13)24(7-8)18(25)26)10-6-21-16(19)12(20)15(10)23-17(9)27-2/h6,8,11,13H,5,7H2,1-2H3,(H,22,23)(H,25,26). The minimum absolute atomic E-state index is 0.0439. The maximum atomic E-state index is 14.6. The summed E-state index contributed by atoms with van der Waals surface area (Å²) in [6.07, 6.45) is 3.24. The first kappa shape index (κ1) is 18.1. The van der Waals surface area contributed by atoms with Gasteiger partial charge in [-0.1, -0.05) is 17.5 Å². The summed E-state index contributed by atoms with van der Waals surface area (Å²) in [4.78, 5) is 21.2. The summed E-state index contributed by atoms with van der Waals surface area (Å²) >= 11 is 7.20. The van der Waals surface area contributed by atoms with Crippen molar-refractivity contribution < 1.29 is 14.3 Å². The molecule has 2 bridgehead atoms. The summed E-state index contributed by atoms with van der Waals surface area (Å²) in [5.74, 6) is 5.47. The number of aromatic nitrogens is 2. The molecule has 1 aliphatic carbocycles. The van der Waals surface area contributed by atoms with E-state index in [1.807, 2.05) is 6.26 Å². The monoisotopic (exact) mass is 406 g/mol. The number of nitrogens with one attached hydrogen (secondary N) is 1. The first-order chi connectivity index (χ1) is 13.0. The first-order valence-corrected chi connectivity index (χ1v) is 9.97. The van der Waals surface area contributed by atoms with Crippen LogP contribution in [0, 0.1) is 23.6 Å². The lowest BCUT2D eigenvalue weighted by Gasteiger charge is -2.37. The second-order valence-electron chi connectivity index (χ2n) is 6.54. The number of rotatable bonds is 3. The predicted octanol–water partition coefficient (Wildman–Crippen LogP) is 3.68. The van der Waals surface area contributed by atoms with Gasteiger partial charge in [-0.25, -0.2) is 19.2 Å². The zero-order valence-electron chi connectivity index (χ0n) is 14.6. The molecule has 5 rings (SSSR count). The number of thioether (sulfide) groups is 1. The Bertz CT molecular complexity index is 1020. The van der Waals surface area contributed by atoms with E-state index in [9.17, 15) is 14.3 Å². The molecule has 3 fully saturated rings. The highest BCUT2D eigenvalue weighted by atomic mass is 35.5. The molecule has 1 amide bonds. The number of pyridine rings is 2.